The molecule has 0 amide bonds. The summed E-state index contributed by atoms with van der Waals surface area (Å²) < 4.78 is 20.7. The third kappa shape index (κ3) is 2.62. The van der Waals surface area contributed by atoms with Crippen molar-refractivity contribution in [2.45, 2.75) is 13.2 Å². The van der Waals surface area contributed by atoms with Gasteiger partial charge in [0.2, 0.25) is 0 Å². The summed E-state index contributed by atoms with van der Waals surface area (Å²) in [4.78, 5) is 0. The maximum Gasteiger partial charge on any atom is 0.128 e. The Morgan fingerprint density at radius 1 is 1.14 bits per heavy atom. The van der Waals surface area contributed by atoms with E-state index in [9.17, 15) is 4.39 Å². The molecule has 108 valence electrons. The van der Waals surface area contributed by atoms with Gasteiger partial charge in [-0.25, -0.2) is 4.39 Å². The average Bonchev–Trinajstić information content (AvgIpc) is 2.83. The molecule has 4 heteroatoms. The van der Waals surface area contributed by atoms with E-state index in [4.69, 9.17) is 10.5 Å². The molecule has 0 atom stereocenters. The molecule has 0 unspecified atom stereocenters. The lowest BCUT2D eigenvalue weighted by atomic mass is 10.1. The van der Waals surface area contributed by atoms with Crippen LogP contribution in [-0.2, 0) is 20.2 Å². The van der Waals surface area contributed by atoms with Crippen LogP contribution in [-0.4, -0.2) is 4.57 Å². The Kier molecular flexibility index (Phi) is 3.62. The molecule has 2 aromatic carbocycles. The van der Waals surface area contributed by atoms with Crippen LogP contribution in [0.1, 0.15) is 11.3 Å². The minimum Gasteiger partial charge on any atom is -0.487 e. The summed E-state index contributed by atoms with van der Waals surface area (Å²) in [6, 6.07) is 14.2. The van der Waals surface area contributed by atoms with Crippen LogP contribution in [0.15, 0.2) is 48.5 Å². The lowest BCUT2D eigenvalue weighted by Gasteiger charge is -2.09. The van der Waals surface area contributed by atoms with E-state index in [2.05, 4.69) is 16.7 Å². The number of rotatable bonds is 4. The number of hydrogen-bond donors (Lipinski definition) is 1. The standard InChI is InChI=1S/C17H17FN2O/c1-20-15(11-21-16-7-5-14(18)6-8-16)9-12-3-2-4-13(10-19)17(12)20/h2-9H,10-11,19H2,1H3. The molecular weight excluding hydrogens is 267 g/mol. The summed E-state index contributed by atoms with van der Waals surface area (Å²) in [5.74, 6) is 0.389. The molecule has 3 aromatic rings. The van der Waals surface area contributed by atoms with Gasteiger partial charge in [-0.1, -0.05) is 18.2 Å². The molecule has 0 saturated heterocycles. The van der Waals surface area contributed by atoms with Crippen LogP contribution in [0.4, 0.5) is 4.39 Å². The van der Waals surface area contributed by atoms with Gasteiger partial charge >= 0.3 is 0 Å². The van der Waals surface area contributed by atoms with Crippen molar-refractivity contribution in [2.24, 2.45) is 12.8 Å². The molecule has 0 radical (unpaired) electrons. The van der Waals surface area contributed by atoms with Crippen molar-refractivity contribution in [1.29, 1.82) is 0 Å². The topological polar surface area (TPSA) is 40.2 Å². The molecule has 21 heavy (non-hydrogen) atoms. The normalized spacial score (nSPS) is 11.0. The largest absolute Gasteiger partial charge is 0.487 e. The lowest BCUT2D eigenvalue weighted by molar-refractivity contribution is 0.297. The second-order valence-electron chi connectivity index (χ2n) is 5.00. The number of nitrogens with zero attached hydrogens (tertiary/aromatic N) is 1. The van der Waals surface area contributed by atoms with Gasteiger partial charge in [-0.15, -0.1) is 0 Å². The predicted octanol–water partition coefficient (Wildman–Crippen LogP) is 3.36. The SMILES string of the molecule is Cn1c(COc2ccc(F)cc2)cc2cccc(CN)c21. The second kappa shape index (κ2) is 5.58. The molecule has 0 spiro atoms. The van der Waals surface area contributed by atoms with Crippen LogP contribution in [0.25, 0.3) is 10.9 Å². The number of aryl methyl sites for hydroxylation is 1. The van der Waals surface area contributed by atoms with Gasteiger partial charge in [0.25, 0.3) is 0 Å². The Labute approximate surface area is 122 Å². The quantitative estimate of drug-likeness (QED) is 0.798. The fraction of sp³-hybridized carbons (Fsp3) is 0.176. The first-order chi connectivity index (χ1) is 10.2. The highest BCUT2D eigenvalue weighted by molar-refractivity contribution is 5.84. The molecule has 1 aromatic heterocycles. The van der Waals surface area contributed by atoms with Gasteiger partial charge in [-0.05, 0) is 35.9 Å². The maximum atomic E-state index is 12.9. The van der Waals surface area contributed by atoms with Gasteiger partial charge in [0, 0.05) is 19.0 Å². The van der Waals surface area contributed by atoms with E-state index < -0.39 is 0 Å². The molecule has 1 heterocycles. The van der Waals surface area contributed by atoms with E-state index in [1.54, 1.807) is 12.1 Å². The number of fused-ring (bicyclic) bond motifs is 1. The van der Waals surface area contributed by atoms with Gasteiger partial charge < -0.3 is 15.0 Å². The van der Waals surface area contributed by atoms with Gasteiger partial charge in [0.1, 0.15) is 18.2 Å². The molecular formula is C17H17FN2O. The summed E-state index contributed by atoms with van der Waals surface area (Å²) in [5, 5.41) is 1.15. The van der Waals surface area contributed by atoms with Crippen molar-refractivity contribution in [2.75, 3.05) is 0 Å². The fourth-order valence-electron chi connectivity index (χ4n) is 2.55. The smallest absolute Gasteiger partial charge is 0.128 e. The summed E-state index contributed by atoms with van der Waals surface area (Å²) in [7, 11) is 2.00. The molecule has 0 fully saturated rings. The number of nitrogens with two attached hydrogens (primary N) is 1. The van der Waals surface area contributed by atoms with E-state index >= 15 is 0 Å². The van der Waals surface area contributed by atoms with Crippen LogP contribution in [0.5, 0.6) is 5.75 Å². The molecule has 0 aliphatic rings. The number of hydrogen-bond acceptors (Lipinski definition) is 2. The monoisotopic (exact) mass is 284 g/mol. The zero-order valence-corrected chi connectivity index (χ0v) is 11.8. The lowest BCUT2D eigenvalue weighted by Crippen LogP contribution is -2.04. The van der Waals surface area contributed by atoms with Crippen molar-refractivity contribution < 1.29 is 9.13 Å². The maximum absolute atomic E-state index is 12.9. The fourth-order valence-corrected chi connectivity index (χ4v) is 2.55. The molecule has 3 nitrogen and oxygen atoms in total. The molecule has 0 saturated carbocycles. The summed E-state index contributed by atoms with van der Waals surface area (Å²) in [6.45, 7) is 0.939. The van der Waals surface area contributed by atoms with Crippen molar-refractivity contribution >= 4 is 10.9 Å². The molecule has 3 rings (SSSR count). The predicted molar refractivity (Wildman–Crippen MR) is 81.5 cm³/mol. The van der Waals surface area contributed by atoms with Crippen LogP contribution in [0.2, 0.25) is 0 Å². The van der Waals surface area contributed by atoms with Crippen LogP contribution >= 0.6 is 0 Å². The minimum atomic E-state index is -0.264. The summed E-state index contributed by atoms with van der Waals surface area (Å²) in [5.41, 5.74) is 9.09. The first-order valence-electron chi connectivity index (χ1n) is 6.83. The van der Waals surface area contributed by atoms with Crippen LogP contribution in [0.3, 0.4) is 0 Å². The Morgan fingerprint density at radius 3 is 2.62 bits per heavy atom. The van der Waals surface area contributed by atoms with Crippen molar-refractivity contribution in [1.82, 2.24) is 4.57 Å². The van der Waals surface area contributed by atoms with Crippen LogP contribution in [0, 0.1) is 5.82 Å². The highest BCUT2D eigenvalue weighted by atomic mass is 19.1. The average molecular weight is 284 g/mol. The third-order valence-corrected chi connectivity index (χ3v) is 3.66. The summed E-state index contributed by atoms with van der Waals surface area (Å²) in [6.07, 6.45) is 0. The Morgan fingerprint density at radius 2 is 1.90 bits per heavy atom. The van der Waals surface area contributed by atoms with Gasteiger partial charge in [-0.2, -0.15) is 0 Å². The molecule has 0 aliphatic carbocycles. The Bertz CT molecular complexity index is 762. The van der Waals surface area contributed by atoms with E-state index in [1.807, 2.05) is 19.2 Å². The van der Waals surface area contributed by atoms with E-state index in [0.29, 0.717) is 18.9 Å². The van der Waals surface area contributed by atoms with Crippen molar-refractivity contribution in [3.05, 3.63) is 65.6 Å². The van der Waals surface area contributed by atoms with Crippen molar-refractivity contribution in [3.63, 3.8) is 0 Å². The Balaban J connectivity index is 1.87. The highest BCUT2D eigenvalue weighted by Gasteiger charge is 2.09. The second-order valence-corrected chi connectivity index (χ2v) is 5.00. The van der Waals surface area contributed by atoms with Gasteiger partial charge in [0.15, 0.2) is 0 Å². The first-order valence-corrected chi connectivity index (χ1v) is 6.83. The van der Waals surface area contributed by atoms with Gasteiger partial charge in [0.05, 0.1) is 11.2 Å². The third-order valence-electron chi connectivity index (χ3n) is 3.66. The molecule has 2 N–H and O–H groups in total. The van der Waals surface area contributed by atoms with E-state index in [-0.39, 0.29) is 5.82 Å². The first kappa shape index (κ1) is 13.6. The zero-order valence-electron chi connectivity index (χ0n) is 11.8. The Hall–Kier alpha value is -2.33. The van der Waals surface area contributed by atoms with Crippen molar-refractivity contribution in [3.8, 4) is 5.75 Å². The number of halogens is 1. The zero-order chi connectivity index (χ0) is 14.8. The van der Waals surface area contributed by atoms with E-state index in [0.717, 1.165) is 22.2 Å². The number of ether oxygens (including phenoxy) is 1. The van der Waals surface area contributed by atoms with Gasteiger partial charge in [-0.3, -0.25) is 0 Å². The number of aromatic nitrogens is 1. The molecule has 0 aliphatic heterocycles. The van der Waals surface area contributed by atoms with E-state index in [1.165, 1.54) is 12.1 Å². The number of benzene rings is 2. The summed E-state index contributed by atoms with van der Waals surface area (Å²) >= 11 is 0. The van der Waals surface area contributed by atoms with Crippen LogP contribution < -0.4 is 10.5 Å². The minimum absolute atomic E-state index is 0.264. The highest BCUT2D eigenvalue weighted by Crippen LogP contribution is 2.23. The molecule has 0 bridgehead atoms. The number of para-hydroxylation sites is 1.